The van der Waals surface area contributed by atoms with Crippen LogP contribution in [0, 0.1) is 11.6 Å². The Labute approximate surface area is 121 Å². The molecule has 4 nitrogen and oxygen atoms in total. The highest BCUT2D eigenvalue weighted by Crippen LogP contribution is 2.19. The Morgan fingerprint density at radius 1 is 1.24 bits per heavy atom. The Kier molecular flexibility index (Phi) is 4.37. The van der Waals surface area contributed by atoms with Gasteiger partial charge in [-0.3, -0.25) is 0 Å². The van der Waals surface area contributed by atoms with Gasteiger partial charge in [-0.25, -0.2) is 8.78 Å². The van der Waals surface area contributed by atoms with E-state index in [-0.39, 0.29) is 17.9 Å². The first-order valence-corrected chi connectivity index (χ1v) is 6.25. The van der Waals surface area contributed by atoms with E-state index >= 15 is 0 Å². The summed E-state index contributed by atoms with van der Waals surface area (Å²) in [6.07, 6.45) is 0. The van der Waals surface area contributed by atoms with Crippen LogP contribution in [-0.2, 0) is 6.54 Å². The van der Waals surface area contributed by atoms with Crippen molar-refractivity contribution in [2.75, 3.05) is 11.9 Å². The lowest BCUT2D eigenvalue weighted by atomic mass is 10.1. The Bertz CT molecular complexity index is 674. The normalized spacial score (nSPS) is 11.5. The maximum atomic E-state index is 13.7. The third kappa shape index (κ3) is 3.28. The number of nitrogens with zero attached hydrogens (tertiary/aromatic N) is 2. The average molecular weight is 291 g/mol. The third-order valence-corrected chi connectivity index (χ3v) is 3.13. The highest BCUT2D eigenvalue weighted by Gasteiger charge is 2.11. The Morgan fingerprint density at radius 2 is 1.95 bits per heavy atom. The van der Waals surface area contributed by atoms with Gasteiger partial charge in [0.2, 0.25) is 0 Å². The zero-order valence-corrected chi connectivity index (χ0v) is 11.4. The van der Waals surface area contributed by atoms with Crippen LogP contribution >= 0.6 is 0 Å². The molecular weight excluding hydrogens is 276 g/mol. The molecule has 0 heterocycles. The van der Waals surface area contributed by atoms with Crippen LogP contribution < -0.4 is 10.6 Å². The Hall–Kier alpha value is -2.63. The molecule has 3 N–H and O–H groups in total. The van der Waals surface area contributed by atoms with Crippen molar-refractivity contribution < 1.29 is 14.0 Å². The summed E-state index contributed by atoms with van der Waals surface area (Å²) in [6.45, 7) is 0.198. The standard InChI is InChI=1S/C15H15F2N3O/c1-20(9-11-5-3-7-13(16)14(11)17)12-6-2-4-10(8-12)15(18)19-21/h2-8,21H,9H2,1H3,(H2,18,19). The van der Waals surface area contributed by atoms with Gasteiger partial charge < -0.3 is 15.8 Å². The molecule has 0 saturated heterocycles. The van der Waals surface area contributed by atoms with Crippen LogP contribution in [0.3, 0.4) is 0 Å². The molecule has 21 heavy (non-hydrogen) atoms. The second-order valence-electron chi connectivity index (χ2n) is 4.60. The SMILES string of the molecule is CN(Cc1cccc(F)c1F)c1cccc(C(N)=NO)c1. The molecule has 0 aliphatic carbocycles. The quantitative estimate of drug-likeness (QED) is 0.394. The topological polar surface area (TPSA) is 61.8 Å². The molecule has 0 unspecified atom stereocenters. The molecule has 2 aromatic carbocycles. The number of nitrogens with two attached hydrogens (primary N) is 1. The predicted molar refractivity (Wildman–Crippen MR) is 77.4 cm³/mol. The molecule has 0 atom stereocenters. The van der Waals surface area contributed by atoms with E-state index in [4.69, 9.17) is 10.9 Å². The average Bonchev–Trinajstić information content (AvgIpc) is 2.51. The summed E-state index contributed by atoms with van der Waals surface area (Å²) in [5, 5.41) is 11.6. The minimum atomic E-state index is -0.869. The first-order chi connectivity index (χ1) is 10.0. The van der Waals surface area contributed by atoms with Gasteiger partial charge in [0.05, 0.1) is 0 Å². The lowest BCUT2D eigenvalue weighted by Crippen LogP contribution is -2.19. The molecule has 2 rings (SSSR count). The molecule has 2 aromatic rings. The minimum Gasteiger partial charge on any atom is -0.409 e. The monoisotopic (exact) mass is 291 g/mol. The highest BCUT2D eigenvalue weighted by atomic mass is 19.2. The fraction of sp³-hybridized carbons (Fsp3) is 0.133. The molecule has 6 heteroatoms. The second-order valence-corrected chi connectivity index (χ2v) is 4.60. The largest absolute Gasteiger partial charge is 0.409 e. The van der Waals surface area contributed by atoms with Gasteiger partial charge in [0.15, 0.2) is 17.5 Å². The van der Waals surface area contributed by atoms with E-state index in [0.717, 1.165) is 11.8 Å². The van der Waals surface area contributed by atoms with Crippen LogP contribution in [0.25, 0.3) is 0 Å². The van der Waals surface area contributed by atoms with Gasteiger partial charge in [-0.05, 0) is 18.2 Å². The van der Waals surface area contributed by atoms with E-state index in [9.17, 15) is 8.78 Å². The molecule has 0 amide bonds. The molecular formula is C15H15F2N3O. The minimum absolute atomic E-state index is 0.0119. The van der Waals surface area contributed by atoms with Gasteiger partial charge in [0.25, 0.3) is 0 Å². The third-order valence-electron chi connectivity index (χ3n) is 3.13. The number of amidine groups is 1. The van der Waals surface area contributed by atoms with Crippen LogP contribution in [-0.4, -0.2) is 18.1 Å². The van der Waals surface area contributed by atoms with E-state index in [1.807, 2.05) is 0 Å². The van der Waals surface area contributed by atoms with E-state index in [2.05, 4.69) is 5.16 Å². The fourth-order valence-corrected chi connectivity index (χ4v) is 1.98. The number of hydrogen-bond donors (Lipinski definition) is 2. The molecule has 0 fully saturated rings. The second kappa shape index (κ2) is 6.21. The van der Waals surface area contributed by atoms with Crippen LogP contribution in [0.15, 0.2) is 47.6 Å². The summed E-state index contributed by atoms with van der Waals surface area (Å²) < 4.78 is 26.9. The summed E-state index contributed by atoms with van der Waals surface area (Å²) in [5.41, 5.74) is 7.07. The maximum absolute atomic E-state index is 13.7. The molecule has 0 aliphatic heterocycles. The zero-order chi connectivity index (χ0) is 15.4. The van der Waals surface area contributed by atoms with Crippen molar-refractivity contribution in [2.45, 2.75) is 6.54 Å². The summed E-state index contributed by atoms with van der Waals surface area (Å²) in [5.74, 6) is -1.73. The van der Waals surface area contributed by atoms with Crippen molar-refractivity contribution in [2.24, 2.45) is 10.9 Å². The van der Waals surface area contributed by atoms with Crippen LogP contribution in [0.4, 0.5) is 14.5 Å². The molecule has 0 spiro atoms. The highest BCUT2D eigenvalue weighted by molar-refractivity contribution is 5.97. The van der Waals surface area contributed by atoms with Crippen LogP contribution in [0.5, 0.6) is 0 Å². The number of benzene rings is 2. The van der Waals surface area contributed by atoms with Crippen LogP contribution in [0.1, 0.15) is 11.1 Å². The Morgan fingerprint density at radius 3 is 2.67 bits per heavy atom. The van der Waals surface area contributed by atoms with Gasteiger partial charge in [-0.15, -0.1) is 0 Å². The van der Waals surface area contributed by atoms with Crippen molar-refractivity contribution in [3.05, 3.63) is 65.2 Å². The predicted octanol–water partition coefficient (Wildman–Crippen LogP) is 2.70. The molecule has 110 valence electrons. The number of hydrogen-bond acceptors (Lipinski definition) is 3. The zero-order valence-electron chi connectivity index (χ0n) is 11.4. The number of anilines is 1. The van der Waals surface area contributed by atoms with Crippen molar-refractivity contribution in [3.63, 3.8) is 0 Å². The first kappa shape index (κ1) is 14.8. The summed E-state index contributed by atoms with van der Waals surface area (Å²) >= 11 is 0. The van der Waals surface area contributed by atoms with E-state index in [1.165, 1.54) is 12.1 Å². The Balaban J connectivity index is 2.24. The van der Waals surface area contributed by atoms with Gasteiger partial charge >= 0.3 is 0 Å². The molecule has 0 radical (unpaired) electrons. The van der Waals surface area contributed by atoms with Crippen molar-refractivity contribution in [3.8, 4) is 0 Å². The van der Waals surface area contributed by atoms with Gasteiger partial charge in [0, 0.05) is 30.4 Å². The number of oxime groups is 1. The van der Waals surface area contributed by atoms with E-state index in [0.29, 0.717) is 5.56 Å². The molecule has 0 aliphatic rings. The number of rotatable bonds is 4. The van der Waals surface area contributed by atoms with Gasteiger partial charge in [-0.2, -0.15) is 0 Å². The van der Waals surface area contributed by atoms with Crippen LogP contribution in [0.2, 0.25) is 0 Å². The maximum Gasteiger partial charge on any atom is 0.170 e. The summed E-state index contributed by atoms with van der Waals surface area (Å²) in [7, 11) is 1.75. The summed E-state index contributed by atoms with van der Waals surface area (Å²) in [6, 6.07) is 11.0. The molecule has 0 saturated carbocycles. The van der Waals surface area contributed by atoms with Crippen molar-refractivity contribution in [1.29, 1.82) is 0 Å². The van der Waals surface area contributed by atoms with Crippen molar-refractivity contribution >= 4 is 11.5 Å². The van der Waals surface area contributed by atoms with Gasteiger partial charge in [0.1, 0.15) is 0 Å². The first-order valence-electron chi connectivity index (χ1n) is 6.25. The lowest BCUT2D eigenvalue weighted by Gasteiger charge is -2.20. The van der Waals surface area contributed by atoms with E-state index < -0.39 is 11.6 Å². The van der Waals surface area contributed by atoms with E-state index in [1.54, 1.807) is 36.2 Å². The van der Waals surface area contributed by atoms with Gasteiger partial charge in [-0.1, -0.05) is 29.4 Å². The molecule has 0 aromatic heterocycles. The molecule has 0 bridgehead atoms. The van der Waals surface area contributed by atoms with Crippen molar-refractivity contribution in [1.82, 2.24) is 0 Å². The smallest absolute Gasteiger partial charge is 0.170 e. The summed E-state index contributed by atoms with van der Waals surface area (Å²) in [4.78, 5) is 1.74. The lowest BCUT2D eigenvalue weighted by molar-refractivity contribution is 0.318. The fourth-order valence-electron chi connectivity index (χ4n) is 1.98. The number of halogens is 2.